The van der Waals surface area contributed by atoms with Crippen LogP contribution in [0.3, 0.4) is 0 Å². The van der Waals surface area contributed by atoms with Crippen LogP contribution in [-0.2, 0) is 4.79 Å². The molecule has 3 nitrogen and oxygen atoms in total. The number of hydrogen-bond acceptors (Lipinski definition) is 2. The molecule has 0 aromatic heterocycles. The van der Waals surface area contributed by atoms with Crippen molar-refractivity contribution in [1.29, 1.82) is 0 Å². The van der Waals surface area contributed by atoms with Gasteiger partial charge >= 0.3 is 5.97 Å². The molecule has 114 valence electrons. The number of rotatable bonds is 4. The number of carboxylic acids is 1. The third kappa shape index (κ3) is 3.29. The summed E-state index contributed by atoms with van der Waals surface area (Å²) in [6.07, 6.45) is 6.93. The largest absolute Gasteiger partial charge is 0.480 e. The SMILES string of the molecule is O=C(O)[C@@H](C1CCCCC1)N1CC[C@@H](c2ccccc2)C1. The van der Waals surface area contributed by atoms with Crippen molar-refractivity contribution < 1.29 is 9.90 Å². The third-order valence-electron chi connectivity index (χ3n) is 5.23. The normalized spacial score (nSPS) is 25.8. The Bertz CT molecular complexity index is 467. The van der Waals surface area contributed by atoms with Gasteiger partial charge in [-0.3, -0.25) is 9.69 Å². The minimum absolute atomic E-state index is 0.265. The Kier molecular flexibility index (Phi) is 4.59. The second-order valence-electron chi connectivity index (χ2n) is 6.57. The van der Waals surface area contributed by atoms with Gasteiger partial charge in [0.25, 0.3) is 0 Å². The van der Waals surface area contributed by atoms with Crippen LogP contribution in [0.15, 0.2) is 30.3 Å². The Hall–Kier alpha value is -1.35. The fourth-order valence-corrected chi connectivity index (χ4v) is 4.14. The number of hydrogen-bond donors (Lipinski definition) is 1. The van der Waals surface area contributed by atoms with Gasteiger partial charge in [-0.15, -0.1) is 0 Å². The maximum absolute atomic E-state index is 11.8. The van der Waals surface area contributed by atoms with Gasteiger partial charge in [0, 0.05) is 6.54 Å². The van der Waals surface area contributed by atoms with Crippen LogP contribution in [0.5, 0.6) is 0 Å². The van der Waals surface area contributed by atoms with Gasteiger partial charge in [-0.2, -0.15) is 0 Å². The van der Waals surface area contributed by atoms with Crippen LogP contribution < -0.4 is 0 Å². The summed E-state index contributed by atoms with van der Waals surface area (Å²) in [4.78, 5) is 14.0. The fraction of sp³-hybridized carbons (Fsp3) is 0.611. The molecule has 2 aliphatic rings. The van der Waals surface area contributed by atoms with E-state index in [1.165, 1.54) is 24.8 Å². The molecule has 2 fully saturated rings. The van der Waals surface area contributed by atoms with Crippen LogP contribution in [0.4, 0.5) is 0 Å². The molecule has 1 aliphatic carbocycles. The van der Waals surface area contributed by atoms with Gasteiger partial charge in [0.05, 0.1) is 0 Å². The number of likely N-dealkylation sites (tertiary alicyclic amines) is 1. The summed E-state index contributed by atoms with van der Waals surface area (Å²) in [5, 5.41) is 9.70. The van der Waals surface area contributed by atoms with Gasteiger partial charge in [0.2, 0.25) is 0 Å². The Balaban J connectivity index is 1.69. The standard InChI is InChI=1S/C18H25NO2/c20-18(21)17(15-9-5-2-6-10-15)19-12-11-16(13-19)14-7-3-1-4-8-14/h1,3-4,7-8,15-17H,2,5-6,9-13H2,(H,20,21)/t16-,17-/m1/s1. The molecule has 1 aromatic rings. The lowest BCUT2D eigenvalue weighted by Gasteiger charge is -2.33. The van der Waals surface area contributed by atoms with E-state index >= 15 is 0 Å². The van der Waals surface area contributed by atoms with Crippen molar-refractivity contribution in [2.24, 2.45) is 5.92 Å². The monoisotopic (exact) mass is 287 g/mol. The Morgan fingerprint density at radius 3 is 2.48 bits per heavy atom. The van der Waals surface area contributed by atoms with Crippen molar-refractivity contribution in [3.8, 4) is 0 Å². The van der Waals surface area contributed by atoms with E-state index in [1.54, 1.807) is 0 Å². The van der Waals surface area contributed by atoms with Gasteiger partial charge in [-0.05, 0) is 43.2 Å². The molecule has 0 unspecified atom stereocenters. The molecule has 1 saturated heterocycles. The summed E-state index contributed by atoms with van der Waals surface area (Å²) < 4.78 is 0. The van der Waals surface area contributed by atoms with E-state index in [-0.39, 0.29) is 6.04 Å². The van der Waals surface area contributed by atoms with Crippen LogP contribution >= 0.6 is 0 Å². The van der Waals surface area contributed by atoms with E-state index in [0.717, 1.165) is 32.4 Å². The summed E-state index contributed by atoms with van der Waals surface area (Å²) in [5.74, 6) is 0.234. The summed E-state index contributed by atoms with van der Waals surface area (Å²) >= 11 is 0. The fourth-order valence-electron chi connectivity index (χ4n) is 4.14. The van der Waals surface area contributed by atoms with Crippen molar-refractivity contribution in [3.05, 3.63) is 35.9 Å². The highest BCUT2D eigenvalue weighted by atomic mass is 16.4. The van der Waals surface area contributed by atoms with Crippen molar-refractivity contribution >= 4 is 5.97 Å². The minimum Gasteiger partial charge on any atom is -0.480 e. The number of carbonyl (C=O) groups is 1. The highest BCUT2D eigenvalue weighted by Crippen LogP contribution is 2.34. The summed E-state index contributed by atoms with van der Waals surface area (Å²) in [7, 11) is 0. The van der Waals surface area contributed by atoms with Crippen LogP contribution in [0.1, 0.15) is 50.0 Å². The van der Waals surface area contributed by atoms with Crippen LogP contribution in [0.25, 0.3) is 0 Å². The average Bonchev–Trinajstić information content (AvgIpc) is 2.98. The minimum atomic E-state index is -0.615. The lowest BCUT2D eigenvalue weighted by molar-refractivity contribution is -0.145. The molecule has 2 atom stereocenters. The number of aliphatic carboxylic acids is 1. The van der Waals surface area contributed by atoms with Gasteiger partial charge in [0.15, 0.2) is 0 Å². The zero-order chi connectivity index (χ0) is 14.7. The van der Waals surface area contributed by atoms with Crippen LogP contribution in [0.2, 0.25) is 0 Å². The Labute approximate surface area is 127 Å². The molecule has 1 heterocycles. The van der Waals surface area contributed by atoms with Crippen molar-refractivity contribution in [2.45, 2.75) is 50.5 Å². The highest BCUT2D eigenvalue weighted by Gasteiger charge is 2.38. The molecular weight excluding hydrogens is 262 g/mol. The zero-order valence-corrected chi connectivity index (χ0v) is 12.6. The first kappa shape index (κ1) is 14.6. The van der Waals surface area contributed by atoms with Crippen molar-refractivity contribution in [3.63, 3.8) is 0 Å². The molecule has 0 radical (unpaired) electrons. The first-order valence-corrected chi connectivity index (χ1v) is 8.27. The van der Waals surface area contributed by atoms with E-state index in [9.17, 15) is 9.90 Å². The van der Waals surface area contributed by atoms with Crippen LogP contribution in [-0.4, -0.2) is 35.1 Å². The summed E-state index contributed by atoms with van der Waals surface area (Å²) in [6, 6.07) is 10.3. The topological polar surface area (TPSA) is 40.5 Å². The second-order valence-corrected chi connectivity index (χ2v) is 6.57. The molecule has 21 heavy (non-hydrogen) atoms. The summed E-state index contributed by atoms with van der Waals surface area (Å²) in [6.45, 7) is 1.82. The average molecular weight is 287 g/mol. The maximum Gasteiger partial charge on any atom is 0.321 e. The van der Waals surface area contributed by atoms with Crippen LogP contribution in [0, 0.1) is 5.92 Å². The van der Waals surface area contributed by atoms with E-state index in [4.69, 9.17) is 0 Å². The maximum atomic E-state index is 11.8. The predicted molar refractivity (Wildman–Crippen MR) is 83.4 cm³/mol. The number of carboxylic acid groups (broad SMARTS) is 1. The van der Waals surface area contributed by atoms with Gasteiger partial charge in [-0.1, -0.05) is 49.6 Å². The molecule has 3 heteroatoms. The third-order valence-corrected chi connectivity index (χ3v) is 5.23. The van der Waals surface area contributed by atoms with Gasteiger partial charge < -0.3 is 5.11 Å². The quantitative estimate of drug-likeness (QED) is 0.921. The molecule has 1 aliphatic heterocycles. The first-order valence-electron chi connectivity index (χ1n) is 8.27. The lowest BCUT2D eigenvalue weighted by Crippen LogP contribution is -2.45. The van der Waals surface area contributed by atoms with E-state index in [0.29, 0.717) is 11.8 Å². The highest BCUT2D eigenvalue weighted by molar-refractivity contribution is 5.74. The summed E-state index contributed by atoms with van der Waals surface area (Å²) in [5.41, 5.74) is 1.35. The molecule has 1 N–H and O–H groups in total. The van der Waals surface area contributed by atoms with Crippen molar-refractivity contribution in [1.82, 2.24) is 4.90 Å². The molecule has 0 spiro atoms. The molecule has 3 rings (SSSR count). The van der Waals surface area contributed by atoms with E-state index in [1.807, 2.05) is 6.07 Å². The Morgan fingerprint density at radius 2 is 1.81 bits per heavy atom. The number of nitrogens with zero attached hydrogens (tertiary/aromatic N) is 1. The van der Waals surface area contributed by atoms with E-state index in [2.05, 4.69) is 29.2 Å². The molecule has 1 aromatic carbocycles. The van der Waals surface area contributed by atoms with Crippen molar-refractivity contribution in [2.75, 3.05) is 13.1 Å². The lowest BCUT2D eigenvalue weighted by atomic mass is 9.83. The van der Waals surface area contributed by atoms with Gasteiger partial charge in [0.1, 0.15) is 6.04 Å². The predicted octanol–water partition coefficient (Wildman–Crippen LogP) is 3.51. The number of benzene rings is 1. The van der Waals surface area contributed by atoms with Gasteiger partial charge in [-0.25, -0.2) is 0 Å². The molecule has 0 amide bonds. The molecule has 1 saturated carbocycles. The first-order chi connectivity index (χ1) is 10.3. The second kappa shape index (κ2) is 6.61. The Morgan fingerprint density at radius 1 is 1.10 bits per heavy atom. The van der Waals surface area contributed by atoms with E-state index < -0.39 is 5.97 Å². The zero-order valence-electron chi connectivity index (χ0n) is 12.6. The molecule has 0 bridgehead atoms. The smallest absolute Gasteiger partial charge is 0.321 e. The molecular formula is C18H25NO2.